The molecule has 1 saturated heterocycles. The lowest BCUT2D eigenvalue weighted by Crippen LogP contribution is -2.41. The van der Waals surface area contributed by atoms with E-state index in [1.54, 1.807) is 0 Å². The first-order valence-corrected chi connectivity index (χ1v) is 7.04. The molecule has 0 saturated carbocycles. The Kier molecular flexibility index (Phi) is 3.94. The Morgan fingerprint density at radius 1 is 1.20 bits per heavy atom. The number of anilines is 1. The SMILES string of the molecule is CCc1nc(N)ccc1/C=C/B1OC(C)(C)C(C)(C)O1. The molecule has 108 valence electrons. The molecule has 0 amide bonds. The molecule has 0 bridgehead atoms. The summed E-state index contributed by atoms with van der Waals surface area (Å²) < 4.78 is 11.9. The fraction of sp³-hybridized carbons (Fsp3) is 0.533. The van der Waals surface area contributed by atoms with Crippen molar-refractivity contribution in [1.82, 2.24) is 4.98 Å². The standard InChI is InChI=1S/C15H23BN2O2/c1-6-12-11(7-8-13(17)18-12)9-10-16-19-14(2,3)15(4,5)20-16/h7-10H,6H2,1-5H3,(H2,17,18)/b10-9+. The maximum atomic E-state index is 5.93. The summed E-state index contributed by atoms with van der Waals surface area (Å²) in [6.07, 6.45) is 2.83. The molecule has 0 spiro atoms. The van der Waals surface area contributed by atoms with Gasteiger partial charge in [0.2, 0.25) is 0 Å². The van der Waals surface area contributed by atoms with E-state index in [1.165, 1.54) is 0 Å². The van der Waals surface area contributed by atoms with Gasteiger partial charge in [-0.05, 0) is 51.8 Å². The Balaban J connectivity index is 2.16. The highest BCUT2D eigenvalue weighted by molar-refractivity contribution is 6.52. The van der Waals surface area contributed by atoms with Gasteiger partial charge in [0.05, 0.1) is 11.2 Å². The van der Waals surface area contributed by atoms with Crippen molar-refractivity contribution in [2.24, 2.45) is 0 Å². The van der Waals surface area contributed by atoms with Crippen LogP contribution in [0.4, 0.5) is 5.82 Å². The Morgan fingerprint density at radius 3 is 2.35 bits per heavy atom. The third-order valence-electron chi connectivity index (χ3n) is 4.07. The van der Waals surface area contributed by atoms with Crippen LogP contribution in [0.1, 0.15) is 45.9 Å². The summed E-state index contributed by atoms with van der Waals surface area (Å²) in [5, 5.41) is 0. The molecule has 2 heterocycles. The quantitative estimate of drug-likeness (QED) is 0.861. The molecule has 5 heteroatoms. The lowest BCUT2D eigenvalue weighted by molar-refractivity contribution is 0.00578. The number of aromatic nitrogens is 1. The predicted octanol–water partition coefficient (Wildman–Crippen LogP) is 2.87. The Bertz CT molecular complexity index is 511. The van der Waals surface area contributed by atoms with E-state index < -0.39 is 0 Å². The van der Waals surface area contributed by atoms with Crippen molar-refractivity contribution < 1.29 is 9.31 Å². The van der Waals surface area contributed by atoms with Gasteiger partial charge in [0.25, 0.3) is 0 Å². The number of nitrogens with two attached hydrogens (primary N) is 1. The zero-order valence-electron chi connectivity index (χ0n) is 12.9. The van der Waals surface area contributed by atoms with E-state index in [2.05, 4.69) is 11.9 Å². The van der Waals surface area contributed by atoms with Crippen molar-refractivity contribution in [1.29, 1.82) is 0 Å². The van der Waals surface area contributed by atoms with Crippen LogP contribution in [0.15, 0.2) is 18.1 Å². The zero-order chi connectivity index (χ0) is 15.0. The maximum Gasteiger partial charge on any atom is 0.487 e. The van der Waals surface area contributed by atoms with Crippen molar-refractivity contribution in [3.63, 3.8) is 0 Å². The fourth-order valence-corrected chi connectivity index (χ4v) is 2.11. The molecule has 20 heavy (non-hydrogen) atoms. The van der Waals surface area contributed by atoms with E-state index in [9.17, 15) is 0 Å². The van der Waals surface area contributed by atoms with E-state index in [0.717, 1.165) is 17.7 Å². The molecule has 1 aromatic heterocycles. The summed E-state index contributed by atoms with van der Waals surface area (Å²) in [6, 6.07) is 3.78. The van der Waals surface area contributed by atoms with Gasteiger partial charge in [0, 0.05) is 5.69 Å². The molecule has 1 aliphatic heterocycles. The highest BCUT2D eigenvalue weighted by Gasteiger charge is 2.49. The highest BCUT2D eigenvalue weighted by Crippen LogP contribution is 2.37. The smallest absolute Gasteiger partial charge is 0.400 e. The number of nitrogen functional groups attached to an aromatic ring is 1. The maximum absolute atomic E-state index is 5.93. The lowest BCUT2D eigenvalue weighted by Gasteiger charge is -2.32. The van der Waals surface area contributed by atoms with Gasteiger partial charge >= 0.3 is 7.12 Å². The minimum absolute atomic E-state index is 0.311. The molecule has 0 aliphatic carbocycles. The van der Waals surface area contributed by atoms with Gasteiger partial charge in [-0.3, -0.25) is 0 Å². The summed E-state index contributed by atoms with van der Waals surface area (Å²) in [5.41, 5.74) is 7.12. The van der Waals surface area contributed by atoms with Crippen molar-refractivity contribution in [3.05, 3.63) is 29.4 Å². The summed E-state index contributed by atoms with van der Waals surface area (Å²) in [6.45, 7) is 10.2. The fourth-order valence-electron chi connectivity index (χ4n) is 2.11. The third-order valence-corrected chi connectivity index (χ3v) is 4.07. The van der Waals surface area contributed by atoms with Gasteiger partial charge in [-0.1, -0.05) is 19.0 Å². The van der Waals surface area contributed by atoms with Crippen LogP contribution >= 0.6 is 0 Å². The van der Waals surface area contributed by atoms with Crippen LogP contribution in [0.25, 0.3) is 6.08 Å². The topological polar surface area (TPSA) is 57.4 Å². The molecule has 2 rings (SSSR count). The first-order valence-electron chi connectivity index (χ1n) is 7.04. The molecule has 1 aromatic rings. The molecule has 1 fully saturated rings. The lowest BCUT2D eigenvalue weighted by atomic mass is 9.89. The molecule has 1 aliphatic rings. The second kappa shape index (κ2) is 5.22. The van der Waals surface area contributed by atoms with Gasteiger partial charge in [0.1, 0.15) is 5.82 Å². The molecular weight excluding hydrogens is 251 g/mol. The second-order valence-electron chi connectivity index (χ2n) is 6.11. The Hall–Kier alpha value is -1.33. The molecule has 0 atom stereocenters. The average Bonchev–Trinajstić information content (AvgIpc) is 2.56. The van der Waals surface area contributed by atoms with Crippen molar-refractivity contribution in [2.75, 3.05) is 5.73 Å². The van der Waals surface area contributed by atoms with Crippen LogP contribution in [0.2, 0.25) is 0 Å². The second-order valence-corrected chi connectivity index (χ2v) is 6.11. The Morgan fingerprint density at radius 2 is 1.80 bits per heavy atom. The molecular formula is C15H23BN2O2. The normalized spacial score (nSPS) is 20.8. The first-order chi connectivity index (χ1) is 9.25. The van der Waals surface area contributed by atoms with Gasteiger partial charge in [-0.15, -0.1) is 0 Å². The van der Waals surface area contributed by atoms with Gasteiger partial charge in [-0.2, -0.15) is 0 Å². The van der Waals surface area contributed by atoms with Crippen LogP contribution in [-0.2, 0) is 15.7 Å². The molecule has 4 nitrogen and oxygen atoms in total. The number of nitrogens with zero attached hydrogens (tertiary/aromatic N) is 1. The Labute approximate surface area is 121 Å². The number of hydrogen-bond donors (Lipinski definition) is 1. The zero-order valence-corrected chi connectivity index (χ0v) is 12.9. The minimum atomic E-state index is -0.331. The number of rotatable bonds is 3. The van der Waals surface area contributed by atoms with Crippen molar-refractivity contribution >= 4 is 19.0 Å². The average molecular weight is 274 g/mol. The molecule has 0 radical (unpaired) electrons. The monoisotopic (exact) mass is 274 g/mol. The number of hydrogen-bond acceptors (Lipinski definition) is 4. The first kappa shape index (κ1) is 15.1. The summed E-state index contributed by atoms with van der Waals surface area (Å²) in [4.78, 5) is 4.34. The van der Waals surface area contributed by atoms with Gasteiger partial charge < -0.3 is 15.0 Å². The highest BCUT2D eigenvalue weighted by atomic mass is 16.7. The van der Waals surface area contributed by atoms with Gasteiger partial charge in [-0.25, -0.2) is 4.98 Å². The van der Waals surface area contributed by atoms with E-state index in [1.807, 2.05) is 51.9 Å². The minimum Gasteiger partial charge on any atom is -0.400 e. The van der Waals surface area contributed by atoms with E-state index >= 15 is 0 Å². The van der Waals surface area contributed by atoms with Gasteiger partial charge in [0.15, 0.2) is 0 Å². The molecule has 2 N–H and O–H groups in total. The van der Waals surface area contributed by atoms with E-state index in [4.69, 9.17) is 15.0 Å². The van der Waals surface area contributed by atoms with E-state index in [0.29, 0.717) is 5.82 Å². The molecule has 0 aromatic carbocycles. The van der Waals surface area contributed by atoms with E-state index in [-0.39, 0.29) is 18.3 Å². The van der Waals surface area contributed by atoms with Crippen molar-refractivity contribution in [3.8, 4) is 0 Å². The van der Waals surface area contributed by atoms with Crippen LogP contribution < -0.4 is 5.73 Å². The van der Waals surface area contributed by atoms with Crippen molar-refractivity contribution in [2.45, 2.75) is 52.2 Å². The van der Waals surface area contributed by atoms with Crippen LogP contribution in [0.3, 0.4) is 0 Å². The van der Waals surface area contributed by atoms with Crippen LogP contribution in [0.5, 0.6) is 0 Å². The molecule has 0 unspecified atom stereocenters. The number of aryl methyl sites for hydroxylation is 1. The van der Waals surface area contributed by atoms with Crippen LogP contribution in [-0.4, -0.2) is 23.3 Å². The largest absolute Gasteiger partial charge is 0.487 e. The van der Waals surface area contributed by atoms with Crippen LogP contribution in [0, 0.1) is 0 Å². The summed E-state index contributed by atoms with van der Waals surface area (Å²) >= 11 is 0. The summed E-state index contributed by atoms with van der Waals surface area (Å²) in [7, 11) is -0.331. The third kappa shape index (κ3) is 2.89. The summed E-state index contributed by atoms with van der Waals surface area (Å²) in [5.74, 6) is 2.48. The number of pyridine rings is 1. The predicted molar refractivity (Wildman–Crippen MR) is 83.1 cm³/mol.